The standard InChI is InChI=1S/C11H14ClNO2/c1-13-10(11(14)15-2)7-8-3-5-9(12)6-4-8/h3-6,10,13H,7H2,1-2H3. The van der Waals surface area contributed by atoms with E-state index >= 15 is 0 Å². The molecule has 0 aliphatic rings. The van der Waals surface area contributed by atoms with Crippen molar-refractivity contribution in [1.29, 1.82) is 0 Å². The van der Waals surface area contributed by atoms with Crippen molar-refractivity contribution in [3.8, 4) is 0 Å². The highest BCUT2D eigenvalue weighted by atomic mass is 35.5. The van der Waals surface area contributed by atoms with Gasteiger partial charge in [-0.25, -0.2) is 0 Å². The van der Waals surface area contributed by atoms with Crippen LogP contribution in [0.15, 0.2) is 24.3 Å². The third-order valence-corrected chi connectivity index (χ3v) is 2.44. The molecule has 0 radical (unpaired) electrons. The molecule has 1 aromatic rings. The maximum absolute atomic E-state index is 11.3. The molecular weight excluding hydrogens is 214 g/mol. The van der Waals surface area contributed by atoms with Crippen LogP contribution in [0, 0.1) is 0 Å². The molecule has 0 saturated heterocycles. The van der Waals surface area contributed by atoms with Crippen molar-refractivity contribution in [3.63, 3.8) is 0 Å². The first-order valence-electron chi connectivity index (χ1n) is 4.67. The number of nitrogens with one attached hydrogen (secondary N) is 1. The van der Waals surface area contributed by atoms with E-state index in [4.69, 9.17) is 11.6 Å². The summed E-state index contributed by atoms with van der Waals surface area (Å²) >= 11 is 5.76. The first kappa shape index (κ1) is 12.0. The van der Waals surface area contributed by atoms with Gasteiger partial charge in [-0.15, -0.1) is 0 Å². The number of carbonyl (C=O) groups excluding carboxylic acids is 1. The summed E-state index contributed by atoms with van der Waals surface area (Å²) in [5, 5.41) is 3.60. The smallest absolute Gasteiger partial charge is 0.323 e. The van der Waals surface area contributed by atoms with Crippen molar-refractivity contribution in [3.05, 3.63) is 34.9 Å². The number of halogens is 1. The average Bonchev–Trinajstić information content (AvgIpc) is 2.27. The first-order valence-corrected chi connectivity index (χ1v) is 5.04. The van der Waals surface area contributed by atoms with Crippen LogP contribution in [0.3, 0.4) is 0 Å². The summed E-state index contributed by atoms with van der Waals surface area (Å²) in [6.45, 7) is 0. The molecule has 0 fully saturated rings. The molecular formula is C11H14ClNO2. The van der Waals surface area contributed by atoms with Gasteiger partial charge in [-0.1, -0.05) is 23.7 Å². The van der Waals surface area contributed by atoms with Crippen LogP contribution >= 0.6 is 11.6 Å². The molecule has 82 valence electrons. The van der Waals surface area contributed by atoms with E-state index in [1.54, 1.807) is 19.2 Å². The van der Waals surface area contributed by atoms with Crippen LogP contribution in [0.5, 0.6) is 0 Å². The minimum Gasteiger partial charge on any atom is -0.468 e. The second-order valence-corrected chi connectivity index (χ2v) is 3.63. The van der Waals surface area contributed by atoms with E-state index in [1.165, 1.54) is 7.11 Å². The lowest BCUT2D eigenvalue weighted by Crippen LogP contribution is -2.36. The Hall–Kier alpha value is -1.06. The molecule has 0 bridgehead atoms. The van der Waals surface area contributed by atoms with Crippen molar-refractivity contribution in [1.82, 2.24) is 5.32 Å². The summed E-state index contributed by atoms with van der Waals surface area (Å²) in [6, 6.07) is 7.10. The molecule has 0 amide bonds. The molecule has 0 aliphatic heterocycles. The largest absolute Gasteiger partial charge is 0.468 e. The lowest BCUT2D eigenvalue weighted by molar-refractivity contribution is -0.142. The van der Waals surface area contributed by atoms with Crippen molar-refractivity contribution >= 4 is 17.6 Å². The van der Waals surface area contributed by atoms with Crippen LogP contribution in [0.4, 0.5) is 0 Å². The van der Waals surface area contributed by atoms with Gasteiger partial charge in [0, 0.05) is 5.02 Å². The maximum atomic E-state index is 11.3. The van der Waals surface area contributed by atoms with Gasteiger partial charge < -0.3 is 10.1 Å². The summed E-state index contributed by atoms with van der Waals surface area (Å²) in [6.07, 6.45) is 0.598. The zero-order valence-corrected chi connectivity index (χ0v) is 9.54. The van der Waals surface area contributed by atoms with Gasteiger partial charge in [0.2, 0.25) is 0 Å². The number of hydrogen-bond donors (Lipinski definition) is 1. The van der Waals surface area contributed by atoms with Gasteiger partial charge >= 0.3 is 5.97 Å². The minimum absolute atomic E-state index is 0.257. The van der Waals surface area contributed by atoms with Gasteiger partial charge in [-0.2, -0.15) is 0 Å². The Morgan fingerprint density at radius 1 is 1.47 bits per heavy atom. The van der Waals surface area contributed by atoms with Gasteiger partial charge in [0.05, 0.1) is 7.11 Å². The number of benzene rings is 1. The number of esters is 1. The lowest BCUT2D eigenvalue weighted by atomic mass is 10.1. The Morgan fingerprint density at radius 3 is 2.53 bits per heavy atom. The van der Waals surface area contributed by atoms with E-state index in [0.717, 1.165) is 5.56 Å². The highest BCUT2D eigenvalue weighted by Gasteiger charge is 2.16. The second kappa shape index (κ2) is 5.73. The molecule has 1 aromatic carbocycles. The van der Waals surface area contributed by atoms with Crippen molar-refractivity contribution in [2.45, 2.75) is 12.5 Å². The Balaban J connectivity index is 2.66. The highest BCUT2D eigenvalue weighted by Crippen LogP contribution is 2.11. The van der Waals surface area contributed by atoms with Crippen LogP contribution < -0.4 is 5.32 Å². The molecule has 1 rings (SSSR count). The van der Waals surface area contributed by atoms with E-state index in [1.807, 2.05) is 12.1 Å². The van der Waals surface area contributed by atoms with Crippen LogP contribution in [-0.2, 0) is 16.0 Å². The van der Waals surface area contributed by atoms with E-state index in [9.17, 15) is 4.79 Å². The predicted molar refractivity (Wildman–Crippen MR) is 60.0 cm³/mol. The fourth-order valence-corrected chi connectivity index (χ4v) is 1.43. The molecule has 0 heterocycles. The molecule has 1 atom stereocenters. The fraction of sp³-hybridized carbons (Fsp3) is 0.364. The van der Waals surface area contributed by atoms with Gasteiger partial charge in [-0.05, 0) is 31.2 Å². The molecule has 15 heavy (non-hydrogen) atoms. The molecule has 0 aromatic heterocycles. The lowest BCUT2D eigenvalue weighted by Gasteiger charge is -2.13. The Labute approximate surface area is 94.4 Å². The molecule has 3 nitrogen and oxygen atoms in total. The third-order valence-electron chi connectivity index (χ3n) is 2.19. The average molecular weight is 228 g/mol. The number of methoxy groups -OCH3 is 1. The molecule has 0 aliphatic carbocycles. The normalized spacial score (nSPS) is 12.2. The first-order chi connectivity index (χ1) is 7.17. The van der Waals surface area contributed by atoms with Gasteiger partial charge in [0.1, 0.15) is 6.04 Å². The van der Waals surface area contributed by atoms with Gasteiger partial charge in [0.15, 0.2) is 0 Å². The Bertz CT molecular complexity index is 324. The minimum atomic E-state index is -0.309. The van der Waals surface area contributed by atoms with E-state index in [2.05, 4.69) is 10.1 Å². The molecule has 1 unspecified atom stereocenters. The zero-order chi connectivity index (χ0) is 11.3. The van der Waals surface area contributed by atoms with Crippen LogP contribution in [0.2, 0.25) is 5.02 Å². The number of ether oxygens (including phenoxy) is 1. The van der Waals surface area contributed by atoms with E-state index in [0.29, 0.717) is 11.4 Å². The summed E-state index contributed by atoms with van der Waals surface area (Å²) in [4.78, 5) is 11.3. The summed E-state index contributed by atoms with van der Waals surface area (Å²) in [5.41, 5.74) is 1.05. The molecule has 4 heteroatoms. The number of carbonyl (C=O) groups is 1. The van der Waals surface area contributed by atoms with Crippen LogP contribution in [0.25, 0.3) is 0 Å². The zero-order valence-electron chi connectivity index (χ0n) is 8.79. The van der Waals surface area contributed by atoms with Crippen molar-refractivity contribution in [2.24, 2.45) is 0 Å². The van der Waals surface area contributed by atoms with Crippen LogP contribution in [-0.4, -0.2) is 26.2 Å². The monoisotopic (exact) mass is 227 g/mol. The number of rotatable bonds is 4. The summed E-state index contributed by atoms with van der Waals surface area (Å²) in [7, 11) is 3.12. The molecule has 1 N–H and O–H groups in total. The third kappa shape index (κ3) is 3.53. The van der Waals surface area contributed by atoms with E-state index < -0.39 is 0 Å². The SMILES string of the molecule is CNC(Cc1ccc(Cl)cc1)C(=O)OC. The summed E-state index contributed by atoms with van der Waals surface area (Å²) < 4.78 is 4.67. The van der Waals surface area contributed by atoms with Gasteiger partial charge in [-0.3, -0.25) is 4.79 Å². The quantitative estimate of drug-likeness (QED) is 0.795. The molecule has 0 saturated carbocycles. The maximum Gasteiger partial charge on any atom is 0.323 e. The number of likely N-dealkylation sites (N-methyl/N-ethyl adjacent to an activating group) is 1. The van der Waals surface area contributed by atoms with Gasteiger partial charge in [0.25, 0.3) is 0 Å². The van der Waals surface area contributed by atoms with Crippen molar-refractivity contribution < 1.29 is 9.53 Å². The number of hydrogen-bond acceptors (Lipinski definition) is 3. The molecule has 0 spiro atoms. The van der Waals surface area contributed by atoms with E-state index in [-0.39, 0.29) is 12.0 Å². The van der Waals surface area contributed by atoms with Crippen LogP contribution in [0.1, 0.15) is 5.56 Å². The predicted octanol–water partition coefficient (Wildman–Crippen LogP) is 1.64. The van der Waals surface area contributed by atoms with Crippen molar-refractivity contribution in [2.75, 3.05) is 14.2 Å². The Kier molecular flexibility index (Phi) is 4.59. The Morgan fingerprint density at radius 2 is 2.07 bits per heavy atom. The second-order valence-electron chi connectivity index (χ2n) is 3.20. The summed E-state index contributed by atoms with van der Waals surface area (Å²) in [5.74, 6) is -0.257. The fourth-order valence-electron chi connectivity index (χ4n) is 1.30. The topological polar surface area (TPSA) is 38.3 Å². The highest BCUT2D eigenvalue weighted by molar-refractivity contribution is 6.30.